The summed E-state index contributed by atoms with van der Waals surface area (Å²) in [5.74, 6) is 0.568. The highest BCUT2D eigenvalue weighted by Crippen LogP contribution is 2.48. The lowest BCUT2D eigenvalue weighted by Crippen LogP contribution is -2.34. The first-order chi connectivity index (χ1) is 9.47. The summed E-state index contributed by atoms with van der Waals surface area (Å²) in [6.07, 6.45) is 3.30. The number of hydrogen-bond donors (Lipinski definition) is 1. The molecule has 1 aliphatic carbocycles. The second kappa shape index (κ2) is 5.35. The highest BCUT2D eigenvalue weighted by Gasteiger charge is 2.45. The summed E-state index contributed by atoms with van der Waals surface area (Å²) in [6.45, 7) is 3.88. The van der Waals surface area contributed by atoms with Gasteiger partial charge in [0.2, 0.25) is 0 Å². The van der Waals surface area contributed by atoms with E-state index in [2.05, 4.69) is 0 Å². The first-order valence-corrected chi connectivity index (χ1v) is 6.94. The summed E-state index contributed by atoms with van der Waals surface area (Å²) in [4.78, 5) is 11.9. The minimum absolute atomic E-state index is 0.639. The van der Waals surface area contributed by atoms with Crippen LogP contribution in [0.1, 0.15) is 42.4 Å². The first kappa shape index (κ1) is 14.7. The molecule has 1 aromatic carbocycles. The number of benzene rings is 1. The number of aryl methyl sites for hydroxylation is 1. The molecule has 1 saturated carbocycles. The van der Waals surface area contributed by atoms with Crippen LogP contribution in [0.25, 0.3) is 0 Å². The topological polar surface area (TPSA) is 55.8 Å². The van der Waals surface area contributed by atoms with Crippen molar-refractivity contribution >= 4 is 5.97 Å². The van der Waals surface area contributed by atoms with Crippen molar-refractivity contribution in [1.29, 1.82) is 0 Å². The Bertz CT molecular complexity index is 528. The third kappa shape index (κ3) is 2.03. The van der Waals surface area contributed by atoms with Gasteiger partial charge in [-0.3, -0.25) is 4.79 Å². The molecule has 0 aliphatic heterocycles. The van der Waals surface area contributed by atoms with Crippen LogP contribution in [0.4, 0.5) is 0 Å². The lowest BCUT2D eigenvalue weighted by molar-refractivity contribution is -0.143. The molecule has 2 rings (SSSR count). The summed E-state index contributed by atoms with van der Waals surface area (Å²) in [5, 5.41) is 9.78. The Morgan fingerprint density at radius 2 is 1.80 bits per heavy atom. The lowest BCUT2D eigenvalue weighted by atomic mass is 9.74. The molecular formula is C16H22O4. The second-order valence-corrected chi connectivity index (χ2v) is 5.52. The molecule has 20 heavy (non-hydrogen) atoms. The van der Waals surface area contributed by atoms with Gasteiger partial charge in [0.25, 0.3) is 0 Å². The number of aliphatic carboxylic acids is 1. The maximum atomic E-state index is 11.9. The minimum atomic E-state index is -0.770. The number of carbonyl (C=O) groups is 1. The fraction of sp³-hybridized carbons (Fsp3) is 0.562. The number of rotatable bonds is 4. The van der Waals surface area contributed by atoms with Crippen LogP contribution >= 0.6 is 0 Å². The Labute approximate surface area is 119 Å². The van der Waals surface area contributed by atoms with Crippen LogP contribution in [0.5, 0.6) is 11.5 Å². The van der Waals surface area contributed by atoms with E-state index in [1.165, 1.54) is 0 Å². The van der Waals surface area contributed by atoms with E-state index in [-0.39, 0.29) is 0 Å². The average molecular weight is 278 g/mol. The standard InChI is InChI=1S/C16H22O4/c1-10-9-12(19-3)14(20-4)11(2)13(10)16(15(17)18)7-5-6-8-16/h9H,5-8H2,1-4H3,(H,17,18). The molecule has 0 amide bonds. The molecule has 1 aromatic rings. The highest BCUT2D eigenvalue weighted by atomic mass is 16.5. The Hall–Kier alpha value is -1.71. The Morgan fingerprint density at radius 1 is 1.20 bits per heavy atom. The number of methoxy groups -OCH3 is 2. The van der Waals surface area contributed by atoms with Gasteiger partial charge in [-0.1, -0.05) is 12.8 Å². The summed E-state index contributed by atoms with van der Waals surface area (Å²) in [5.41, 5.74) is 1.98. The third-order valence-corrected chi connectivity index (χ3v) is 4.45. The van der Waals surface area contributed by atoms with E-state index in [0.29, 0.717) is 24.3 Å². The van der Waals surface area contributed by atoms with Gasteiger partial charge >= 0.3 is 5.97 Å². The molecule has 110 valence electrons. The molecule has 0 unspecified atom stereocenters. The molecular weight excluding hydrogens is 256 g/mol. The summed E-state index contributed by atoms with van der Waals surface area (Å²) in [6, 6.07) is 1.88. The van der Waals surface area contributed by atoms with Gasteiger partial charge in [-0.2, -0.15) is 0 Å². The fourth-order valence-electron chi connectivity index (χ4n) is 3.62. The molecule has 1 N–H and O–H groups in total. The van der Waals surface area contributed by atoms with E-state index >= 15 is 0 Å². The fourth-order valence-corrected chi connectivity index (χ4v) is 3.62. The predicted molar refractivity (Wildman–Crippen MR) is 76.8 cm³/mol. The zero-order chi connectivity index (χ0) is 14.9. The minimum Gasteiger partial charge on any atom is -0.493 e. The summed E-state index contributed by atoms with van der Waals surface area (Å²) < 4.78 is 10.8. The van der Waals surface area contributed by atoms with E-state index in [9.17, 15) is 9.90 Å². The van der Waals surface area contributed by atoms with Crippen LogP contribution < -0.4 is 9.47 Å². The second-order valence-electron chi connectivity index (χ2n) is 5.52. The van der Waals surface area contributed by atoms with Crippen LogP contribution in [0.3, 0.4) is 0 Å². The lowest BCUT2D eigenvalue weighted by Gasteiger charge is -2.29. The molecule has 0 radical (unpaired) electrons. The average Bonchev–Trinajstić information content (AvgIpc) is 2.88. The van der Waals surface area contributed by atoms with Gasteiger partial charge in [0, 0.05) is 0 Å². The van der Waals surface area contributed by atoms with E-state index in [4.69, 9.17) is 9.47 Å². The van der Waals surface area contributed by atoms with Crippen molar-refractivity contribution in [2.45, 2.75) is 44.9 Å². The van der Waals surface area contributed by atoms with Crippen LogP contribution in [0.15, 0.2) is 6.07 Å². The molecule has 4 nitrogen and oxygen atoms in total. The number of hydrogen-bond acceptors (Lipinski definition) is 3. The quantitative estimate of drug-likeness (QED) is 0.918. The summed E-state index contributed by atoms with van der Waals surface area (Å²) >= 11 is 0. The Morgan fingerprint density at radius 3 is 2.25 bits per heavy atom. The molecule has 1 fully saturated rings. The maximum Gasteiger partial charge on any atom is 0.314 e. The van der Waals surface area contributed by atoms with Crippen molar-refractivity contribution in [1.82, 2.24) is 0 Å². The van der Waals surface area contributed by atoms with Crippen molar-refractivity contribution in [3.63, 3.8) is 0 Å². The Balaban J connectivity index is 2.70. The van der Waals surface area contributed by atoms with Crippen molar-refractivity contribution in [3.05, 3.63) is 22.8 Å². The van der Waals surface area contributed by atoms with Crippen LogP contribution in [0, 0.1) is 13.8 Å². The van der Waals surface area contributed by atoms with Crippen molar-refractivity contribution in [2.75, 3.05) is 14.2 Å². The van der Waals surface area contributed by atoms with Gasteiger partial charge in [-0.05, 0) is 49.4 Å². The number of carboxylic acid groups (broad SMARTS) is 1. The maximum absolute atomic E-state index is 11.9. The van der Waals surface area contributed by atoms with Gasteiger partial charge in [-0.25, -0.2) is 0 Å². The van der Waals surface area contributed by atoms with Crippen LogP contribution in [-0.2, 0) is 10.2 Å². The monoisotopic (exact) mass is 278 g/mol. The van der Waals surface area contributed by atoms with E-state index in [0.717, 1.165) is 29.5 Å². The molecule has 0 atom stereocenters. The number of carboxylic acids is 1. The van der Waals surface area contributed by atoms with Gasteiger partial charge < -0.3 is 14.6 Å². The van der Waals surface area contributed by atoms with Gasteiger partial charge in [0.05, 0.1) is 19.6 Å². The molecule has 1 aliphatic rings. The largest absolute Gasteiger partial charge is 0.493 e. The molecule has 0 heterocycles. The van der Waals surface area contributed by atoms with Crippen molar-refractivity contribution in [2.24, 2.45) is 0 Å². The van der Waals surface area contributed by atoms with Crippen molar-refractivity contribution < 1.29 is 19.4 Å². The van der Waals surface area contributed by atoms with E-state index in [1.807, 2.05) is 19.9 Å². The molecule has 4 heteroatoms. The molecule has 0 bridgehead atoms. The predicted octanol–water partition coefficient (Wildman–Crippen LogP) is 3.22. The molecule has 0 spiro atoms. The highest BCUT2D eigenvalue weighted by molar-refractivity contribution is 5.83. The SMILES string of the molecule is COc1cc(C)c(C2(C(=O)O)CCCC2)c(C)c1OC. The number of ether oxygens (including phenoxy) is 2. The molecule has 0 saturated heterocycles. The van der Waals surface area contributed by atoms with Gasteiger partial charge in [-0.15, -0.1) is 0 Å². The third-order valence-electron chi connectivity index (χ3n) is 4.45. The van der Waals surface area contributed by atoms with Crippen LogP contribution in [0.2, 0.25) is 0 Å². The smallest absolute Gasteiger partial charge is 0.314 e. The zero-order valence-corrected chi connectivity index (χ0v) is 12.6. The normalized spacial score (nSPS) is 17.0. The van der Waals surface area contributed by atoms with E-state index < -0.39 is 11.4 Å². The molecule has 0 aromatic heterocycles. The van der Waals surface area contributed by atoms with Gasteiger partial charge in [0.15, 0.2) is 11.5 Å². The summed E-state index contributed by atoms with van der Waals surface area (Å²) in [7, 11) is 3.19. The zero-order valence-electron chi connectivity index (χ0n) is 12.6. The first-order valence-electron chi connectivity index (χ1n) is 6.94. The van der Waals surface area contributed by atoms with Gasteiger partial charge in [0.1, 0.15) is 0 Å². The van der Waals surface area contributed by atoms with Crippen LogP contribution in [-0.4, -0.2) is 25.3 Å². The van der Waals surface area contributed by atoms with Crippen molar-refractivity contribution in [3.8, 4) is 11.5 Å². The Kier molecular flexibility index (Phi) is 3.93. The van der Waals surface area contributed by atoms with E-state index in [1.54, 1.807) is 14.2 Å².